The predicted octanol–water partition coefficient (Wildman–Crippen LogP) is -1.02. The largest absolute Gasteiger partial charge is 0.480 e. The number of amides is 3. The molecule has 0 saturated carbocycles. The third-order valence-corrected chi connectivity index (χ3v) is 6.85. The highest BCUT2D eigenvalue weighted by Gasteiger charge is 2.31. The number of hydrogen-bond donors (Lipinski definition) is 9. The quantitative estimate of drug-likeness (QED) is 0.0602. The fraction of sp³-hybridized carbons (Fsp3) is 0.480. The number of guanidine groups is 1. The van der Waals surface area contributed by atoms with E-state index in [0.717, 1.165) is 22.9 Å². The highest BCUT2D eigenvalue weighted by atomic mass is 32.1. The molecule has 14 heteroatoms. The minimum absolute atomic E-state index is 0.0379. The van der Waals surface area contributed by atoms with Crippen LogP contribution in [0.2, 0.25) is 0 Å². The zero-order chi connectivity index (χ0) is 28.4. The summed E-state index contributed by atoms with van der Waals surface area (Å²) in [7, 11) is 0. The number of aromatic amines is 1. The van der Waals surface area contributed by atoms with Gasteiger partial charge in [0.15, 0.2) is 5.96 Å². The molecule has 4 atom stereocenters. The first-order valence-electron chi connectivity index (χ1n) is 12.8. The van der Waals surface area contributed by atoms with Crippen molar-refractivity contribution in [2.24, 2.45) is 16.5 Å². The molecule has 1 aliphatic rings. The lowest BCUT2D eigenvalue weighted by molar-refractivity contribution is -0.142. The van der Waals surface area contributed by atoms with Gasteiger partial charge in [-0.05, 0) is 43.9 Å². The van der Waals surface area contributed by atoms with Gasteiger partial charge >= 0.3 is 5.97 Å². The van der Waals surface area contributed by atoms with Crippen LogP contribution < -0.4 is 32.7 Å². The Morgan fingerprint density at radius 1 is 1.08 bits per heavy atom. The fourth-order valence-corrected chi connectivity index (χ4v) is 4.67. The molecule has 0 bridgehead atoms. The molecule has 0 spiro atoms. The number of rotatable bonds is 14. The molecule has 1 aromatic carbocycles. The van der Waals surface area contributed by atoms with Crippen molar-refractivity contribution in [1.82, 2.24) is 26.3 Å². The van der Waals surface area contributed by atoms with Crippen LogP contribution in [0.25, 0.3) is 10.9 Å². The van der Waals surface area contributed by atoms with Crippen LogP contribution in [0, 0.1) is 0 Å². The number of carbonyl (C=O) groups excluding carboxylic acids is 3. The van der Waals surface area contributed by atoms with Gasteiger partial charge in [-0.3, -0.25) is 19.4 Å². The van der Waals surface area contributed by atoms with E-state index in [1.165, 1.54) is 0 Å². The lowest BCUT2D eigenvalue weighted by atomic mass is 10.0. The maximum Gasteiger partial charge on any atom is 0.326 e. The normalized spacial score (nSPS) is 17.1. The smallest absolute Gasteiger partial charge is 0.326 e. The highest BCUT2D eigenvalue weighted by Crippen LogP contribution is 2.19. The molecule has 10 N–H and O–H groups in total. The molecule has 2 aromatic rings. The molecule has 0 radical (unpaired) electrons. The van der Waals surface area contributed by atoms with Crippen molar-refractivity contribution in [3.05, 3.63) is 36.0 Å². The van der Waals surface area contributed by atoms with E-state index in [9.17, 15) is 24.3 Å². The number of thiol groups is 1. The van der Waals surface area contributed by atoms with Gasteiger partial charge < -0.3 is 42.8 Å². The van der Waals surface area contributed by atoms with Gasteiger partial charge in [0.2, 0.25) is 17.7 Å². The molecule has 212 valence electrons. The topological polar surface area (TPSA) is 217 Å². The highest BCUT2D eigenvalue weighted by molar-refractivity contribution is 7.80. The zero-order valence-corrected chi connectivity index (χ0v) is 22.4. The number of carboxylic acid groups (broad SMARTS) is 1. The summed E-state index contributed by atoms with van der Waals surface area (Å²) in [4.78, 5) is 57.8. The van der Waals surface area contributed by atoms with E-state index < -0.39 is 42.0 Å². The molecule has 1 aromatic heterocycles. The Balaban J connectivity index is 1.65. The maximum atomic E-state index is 13.2. The minimum Gasteiger partial charge on any atom is -0.480 e. The van der Waals surface area contributed by atoms with E-state index in [-0.39, 0.29) is 37.0 Å². The SMILES string of the molecule is NC(N)=NCCC[C@H](NC(=O)[C@@H]1CCCN1)C(=O)N[C@@H](CS)C(=O)N[C@@H](Cc1c[nH]c2ccccc12)C(=O)O. The summed E-state index contributed by atoms with van der Waals surface area (Å²) in [6.45, 7) is 0.971. The fourth-order valence-electron chi connectivity index (χ4n) is 4.41. The van der Waals surface area contributed by atoms with Crippen LogP contribution in [0.15, 0.2) is 35.5 Å². The second kappa shape index (κ2) is 14.4. The average molecular weight is 561 g/mol. The maximum absolute atomic E-state index is 13.2. The number of carboxylic acids is 1. The summed E-state index contributed by atoms with van der Waals surface area (Å²) in [5.41, 5.74) is 12.3. The number of para-hydroxylation sites is 1. The van der Waals surface area contributed by atoms with Gasteiger partial charge in [-0.25, -0.2) is 4.79 Å². The Labute approximate surface area is 231 Å². The summed E-state index contributed by atoms with van der Waals surface area (Å²) < 4.78 is 0. The molecule has 3 amide bonds. The minimum atomic E-state index is -1.24. The van der Waals surface area contributed by atoms with E-state index in [1.807, 2.05) is 24.3 Å². The molecule has 1 aliphatic heterocycles. The van der Waals surface area contributed by atoms with Crippen LogP contribution in [0.3, 0.4) is 0 Å². The number of aliphatic carboxylic acids is 1. The van der Waals surface area contributed by atoms with E-state index in [4.69, 9.17) is 11.5 Å². The number of H-pyrrole nitrogens is 1. The second-order valence-electron chi connectivity index (χ2n) is 9.37. The van der Waals surface area contributed by atoms with Crippen molar-refractivity contribution < 1.29 is 24.3 Å². The van der Waals surface area contributed by atoms with Crippen molar-refractivity contribution in [2.45, 2.75) is 56.3 Å². The van der Waals surface area contributed by atoms with Crippen molar-refractivity contribution in [1.29, 1.82) is 0 Å². The number of benzene rings is 1. The standard InChI is InChI=1S/C25H36N8O5S/c26-25(27)29-10-4-8-18(31-21(34)17-7-3-9-28-17)22(35)33-20(13-39)23(36)32-19(24(37)38)11-14-12-30-16-6-2-1-5-15(14)16/h1-2,5-6,12,17-20,28,30,39H,3-4,7-11,13H2,(H,31,34)(H,32,36)(H,33,35)(H,37,38)(H4,26,27,29)/t17-,18-,19-,20-/m0/s1. The molecule has 1 fully saturated rings. The van der Waals surface area contributed by atoms with Gasteiger partial charge in [-0.15, -0.1) is 0 Å². The van der Waals surface area contributed by atoms with Gasteiger partial charge in [0.05, 0.1) is 6.04 Å². The van der Waals surface area contributed by atoms with Crippen LogP contribution in [0.1, 0.15) is 31.2 Å². The van der Waals surface area contributed by atoms with Gasteiger partial charge in [0.1, 0.15) is 18.1 Å². The van der Waals surface area contributed by atoms with Crippen molar-refractivity contribution in [2.75, 3.05) is 18.8 Å². The van der Waals surface area contributed by atoms with E-state index in [2.05, 4.69) is 43.9 Å². The Hall–Kier alpha value is -3.78. The summed E-state index contributed by atoms with van der Waals surface area (Å²) in [5, 5.41) is 21.5. The van der Waals surface area contributed by atoms with Crippen molar-refractivity contribution in [3.8, 4) is 0 Å². The second-order valence-corrected chi connectivity index (χ2v) is 9.73. The van der Waals surface area contributed by atoms with Crippen LogP contribution >= 0.6 is 12.6 Å². The molecule has 2 heterocycles. The number of aromatic nitrogens is 1. The number of carbonyl (C=O) groups is 4. The molecular formula is C25H36N8O5S. The number of hydrogen-bond acceptors (Lipinski definition) is 7. The van der Waals surface area contributed by atoms with Crippen molar-refractivity contribution in [3.63, 3.8) is 0 Å². The summed E-state index contributed by atoms with van der Waals surface area (Å²) in [6, 6.07) is 3.71. The predicted molar refractivity (Wildman–Crippen MR) is 150 cm³/mol. The molecule has 0 aliphatic carbocycles. The number of nitrogens with two attached hydrogens (primary N) is 2. The van der Waals surface area contributed by atoms with Crippen molar-refractivity contribution >= 4 is 53.2 Å². The third kappa shape index (κ3) is 8.61. The molecule has 3 rings (SSSR count). The number of fused-ring (bicyclic) bond motifs is 1. The number of nitrogens with one attached hydrogen (secondary N) is 5. The van der Waals surface area contributed by atoms with Gasteiger partial charge in [0.25, 0.3) is 0 Å². The van der Waals surface area contributed by atoms with Crippen LogP contribution in [-0.4, -0.2) is 82.8 Å². The lowest BCUT2D eigenvalue weighted by Crippen LogP contribution is -2.57. The molecule has 13 nitrogen and oxygen atoms in total. The monoisotopic (exact) mass is 560 g/mol. The van der Waals surface area contributed by atoms with E-state index in [1.54, 1.807) is 6.20 Å². The van der Waals surface area contributed by atoms with E-state index >= 15 is 0 Å². The van der Waals surface area contributed by atoms with Crippen LogP contribution in [-0.2, 0) is 25.6 Å². The molecule has 0 unspecified atom stereocenters. The third-order valence-electron chi connectivity index (χ3n) is 6.48. The first kappa shape index (κ1) is 29.8. The summed E-state index contributed by atoms with van der Waals surface area (Å²) >= 11 is 4.19. The van der Waals surface area contributed by atoms with Gasteiger partial charge in [-0.1, -0.05) is 18.2 Å². The molecule has 39 heavy (non-hydrogen) atoms. The average Bonchev–Trinajstić information content (AvgIpc) is 3.59. The summed E-state index contributed by atoms with van der Waals surface area (Å²) in [6.07, 6.45) is 3.88. The number of aliphatic imine (C=N–C) groups is 1. The van der Waals surface area contributed by atoms with Gasteiger partial charge in [0, 0.05) is 35.8 Å². The van der Waals surface area contributed by atoms with E-state index in [0.29, 0.717) is 19.4 Å². The lowest BCUT2D eigenvalue weighted by Gasteiger charge is -2.24. The first-order valence-corrected chi connectivity index (χ1v) is 13.4. The Kier molecular flexibility index (Phi) is 11.0. The van der Waals surface area contributed by atoms with Crippen LogP contribution in [0.5, 0.6) is 0 Å². The molecular weight excluding hydrogens is 524 g/mol. The Morgan fingerprint density at radius 2 is 1.79 bits per heavy atom. The first-order chi connectivity index (χ1) is 18.7. The number of nitrogens with zero attached hydrogens (tertiary/aromatic N) is 1. The Bertz CT molecular complexity index is 1190. The summed E-state index contributed by atoms with van der Waals surface area (Å²) in [5.74, 6) is -2.99. The van der Waals surface area contributed by atoms with Gasteiger partial charge in [-0.2, -0.15) is 12.6 Å². The zero-order valence-electron chi connectivity index (χ0n) is 21.5. The Morgan fingerprint density at radius 3 is 2.46 bits per heavy atom. The molecule has 1 saturated heterocycles. The van der Waals surface area contributed by atoms with Crippen LogP contribution in [0.4, 0.5) is 0 Å².